The number of fused-ring (bicyclic) bond motifs is 1. The zero-order chi connectivity index (χ0) is 33.1. The first-order valence-electron chi connectivity index (χ1n) is 15.7. The Kier molecular flexibility index (Phi) is 10.3. The molecule has 5 rings (SSSR count). The van der Waals surface area contributed by atoms with Gasteiger partial charge in [-0.05, 0) is 86.9 Å². The zero-order valence-corrected chi connectivity index (χ0v) is 27.3. The molecule has 248 valence electrons. The standard InChI is InChI=1S/C35H42F3N3O4S/c1-34(2,3)39-21-25-15-16-31-26(17-25)11-7-14-32(31)40-33(42)20-28-19-29(45-23-24-9-5-4-6-10-24)22-41(28)46(43,44)30-13-8-12-27(18-30)35(36,37)38/h4-6,8-10,12-13,15-18,28-29,32,39H,7,11,14,19-23H2,1-3H3,(H,40,42)/t28-,29+,32?/m0/s1. The minimum absolute atomic E-state index is 0.0132. The van der Waals surface area contributed by atoms with Gasteiger partial charge in [0, 0.05) is 31.1 Å². The quantitative estimate of drug-likeness (QED) is 0.259. The molecule has 1 aliphatic heterocycles. The number of halogens is 3. The SMILES string of the molecule is CC(C)(C)NCc1ccc2c(c1)CCCC2NC(=O)C[C@@H]1C[C@@H](OCc2ccccc2)CN1S(=O)(=O)c1cccc(C(F)(F)F)c1. The van der Waals surface area contributed by atoms with E-state index >= 15 is 0 Å². The third-order valence-corrected chi connectivity index (χ3v) is 10.4. The molecule has 1 heterocycles. The summed E-state index contributed by atoms with van der Waals surface area (Å²) in [5.74, 6) is -0.311. The number of ether oxygens (including phenoxy) is 1. The lowest BCUT2D eigenvalue weighted by molar-refractivity contribution is -0.137. The van der Waals surface area contributed by atoms with E-state index in [1.165, 1.54) is 11.1 Å². The van der Waals surface area contributed by atoms with Gasteiger partial charge in [0.1, 0.15) is 0 Å². The molecule has 0 aromatic heterocycles. The number of nitrogens with zero attached hydrogens (tertiary/aromatic N) is 1. The summed E-state index contributed by atoms with van der Waals surface area (Å²) >= 11 is 0. The highest BCUT2D eigenvalue weighted by Crippen LogP contribution is 2.35. The maximum Gasteiger partial charge on any atom is 0.416 e. The van der Waals surface area contributed by atoms with E-state index in [1.807, 2.05) is 30.3 Å². The Balaban J connectivity index is 1.32. The predicted molar refractivity (Wildman–Crippen MR) is 170 cm³/mol. The van der Waals surface area contributed by atoms with Crippen LogP contribution in [0.3, 0.4) is 0 Å². The Bertz CT molecular complexity index is 1620. The number of nitrogens with one attached hydrogen (secondary N) is 2. The van der Waals surface area contributed by atoms with Crippen LogP contribution in [-0.2, 0) is 45.3 Å². The second-order valence-electron chi connectivity index (χ2n) is 13.3. The zero-order valence-electron chi connectivity index (χ0n) is 26.4. The monoisotopic (exact) mass is 657 g/mol. The molecule has 2 aliphatic rings. The number of amides is 1. The second-order valence-corrected chi connectivity index (χ2v) is 15.2. The molecule has 7 nitrogen and oxygen atoms in total. The summed E-state index contributed by atoms with van der Waals surface area (Å²) in [6.07, 6.45) is -2.55. The van der Waals surface area contributed by atoms with Crippen molar-refractivity contribution < 1.29 is 31.1 Å². The molecular formula is C35H42F3N3O4S. The van der Waals surface area contributed by atoms with Gasteiger partial charge in [-0.15, -0.1) is 0 Å². The molecule has 3 aromatic rings. The normalized spacial score (nSPS) is 20.8. The molecular weight excluding hydrogens is 615 g/mol. The van der Waals surface area contributed by atoms with Crippen molar-refractivity contribution >= 4 is 15.9 Å². The van der Waals surface area contributed by atoms with Crippen molar-refractivity contribution in [3.05, 3.63) is 101 Å². The van der Waals surface area contributed by atoms with Crippen LogP contribution in [0.2, 0.25) is 0 Å². The average Bonchev–Trinajstić information content (AvgIpc) is 3.42. The van der Waals surface area contributed by atoms with Gasteiger partial charge >= 0.3 is 6.18 Å². The molecule has 2 N–H and O–H groups in total. The number of hydrogen-bond donors (Lipinski definition) is 2. The Morgan fingerprint density at radius 1 is 0.978 bits per heavy atom. The minimum atomic E-state index is -4.70. The number of sulfonamides is 1. The first-order valence-corrected chi connectivity index (χ1v) is 17.1. The van der Waals surface area contributed by atoms with E-state index < -0.39 is 38.8 Å². The van der Waals surface area contributed by atoms with Gasteiger partial charge in [-0.3, -0.25) is 4.79 Å². The minimum Gasteiger partial charge on any atom is -0.372 e. The number of carbonyl (C=O) groups excluding carboxylic acids is 1. The third-order valence-electron chi connectivity index (χ3n) is 8.52. The van der Waals surface area contributed by atoms with Gasteiger partial charge in [0.2, 0.25) is 15.9 Å². The number of hydrogen-bond acceptors (Lipinski definition) is 5. The summed E-state index contributed by atoms with van der Waals surface area (Å²) in [6.45, 7) is 7.26. The fraction of sp³-hybridized carbons (Fsp3) is 0.457. The second kappa shape index (κ2) is 13.9. The third kappa shape index (κ3) is 8.56. The van der Waals surface area contributed by atoms with Crippen molar-refractivity contribution in [2.75, 3.05) is 6.54 Å². The van der Waals surface area contributed by atoms with Crippen LogP contribution in [0.25, 0.3) is 0 Å². The molecule has 1 fully saturated rings. The van der Waals surface area contributed by atoms with E-state index in [4.69, 9.17) is 4.74 Å². The van der Waals surface area contributed by atoms with Gasteiger partial charge in [-0.1, -0.05) is 54.6 Å². The van der Waals surface area contributed by atoms with Gasteiger partial charge in [0.15, 0.2) is 0 Å². The summed E-state index contributed by atoms with van der Waals surface area (Å²) in [5.41, 5.74) is 3.26. The summed E-state index contributed by atoms with van der Waals surface area (Å²) < 4.78 is 75.2. The first-order chi connectivity index (χ1) is 21.7. The smallest absolute Gasteiger partial charge is 0.372 e. The number of aryl methyl sites for hydroxylation is 1. The van der Waals surface area contributed by atoms with Crippen LogP contribution in [0, 0.1) is 0 Å². The van der Waals surface area contributed by atoms with Crippen molar-refractivity contribution in [2.24, 2.45) is 0 Å². The Morgan fingerprint density at radius 2 is 1.74 bits per heavy atom. The number of carbonyl (C=O) groups is 1. The fourth-order valence-corrected chi connectivity index (χ4v) is 7.88. The predicted octanol–water partition coefficient (Wildman–Crippen LogP) is 6.53. The van der Waals surface area contributed by atoms with Crippen LogP contribution in [-0.4, -0.2) is 42.9 Å². The Labute approximate surface area is 269 Å². The highest BCUT2D eigenvalue weighted by molar-refractivity contribution is 7.89. The number of benzene rings is 3. The summed E-state index contributed by atoms with van der Waals surface area (Å²) in [5, 5.41) is 6.63. The first kappa shape index (κ1) is 34.1. The molecule has 0 radical (unpaired) electrons. The van der Waals surface area contributed by atoms with Crippen LogP contribution in [0.4, 0.5) is 13.2 Å². The van der Waals surface area contributed by atoms with Crippen molar-refractivity contribution in [3.8, 4) is 0 Å². The lowest BCUT2D eigenvalue weighted by Crippen LogP contribution is -2.40. The largest absolute Gasteiger partial charge is 0.416 e. The Hall–Kier alpha value is -3.25. The van der Waals surface area contributed by atoms with Crippen molar-refractivity contribution in [1.29, 1.82) is 0 Å². The number of rotatable bonds is 10. The number of alkyl halides is 3. The molecule has 3 aromatic carbocycles. The molecule has 0 spiro atoms. The average molecular weight is 658 g/mol. The van der Waals surface area contributed by atoms with Crippen LogP contribution in [0.5, 0.6) is 0 Å². The Morgan fingerprint density at radius 3 is 2.46 bits per heavy atom. The van der Waals surface area contributed by atoms with E-state index in [2.05, 4.69) is 49.6 Å². The van der Waals surface area contributed by atoms with E-state index in [0.29, 0.717) is 6.07 Å². The molecule has 11 heteroatoms. The van der Waals surface area contributed by atoms with Gasteiger partial charge < -0.3 is 15.4 Å². The lowest BCUT2D eigenvalue weighted by atomic mass is 9.86. The molecule has 0 bridgehead atoms. The van der Waals surface area contributed by atoms with Crippen molar-refractivity contribution in [2.45, 2.75) is 101 Å². The summed E-state index contributed by atoms with van der Waals surface area (Å²) in [4.78, 5) is 13.0. The van der Waals surface area contributed by atoms with E-state index in [1.54, 1.807) is 0 Å². The lowest BCUT2D eigenvalue weighted by Gasteiger charge is -2.29. The van der Waals surface area contributed by atoms with Gasteiger partial charge in [0.05, 0.1) is 29.2 Å². The molecule has 1 amide bonds. The van der Waals surface area contributed by atoms with Crippen LogP contribution in [0.1, 0.15) is 80.3 Å². The maximum atomic E-state index is 13.8. The van der Waals surface area contributed by atoms with E-state index in [9.17, 15) is 26.4 Å². The summed E-state index contributed by atoms with van der Waals surface area (Å²) in [6, 6.07) is 18.5. The van der Waals surface area contributed by atoms with Gasteiger partial charge in [-0.25, -0.2) is 8.42 Å². The highest BCUT2D eigenvalue weighted by Gasteiger charge is 2.43. The van der Waals surface area contributed by atoms with E-state index in [-0.39, 0.29) is 43.5 Å². The molecule has 1 unspecified atom stereocenters. The van der Waals surface area contributed by atoms with Crippen LogP contribution >= 0.6 is 0 Å². The summed E-state index contributed by atoms with van der Waals surface area (Å²) in [7, 11) is -4.37. The van der Waals surface area contributed by atoms with Crippen LogP contribution in [0.15, 0.2) is 77.7 Å². The molecule has 0 saturated carbocycles. The van der Waals surface area contributed by atoms with Crippen molar-refractivity contribution in [3.63, 3.8) is 0 Å². The maximum absolute atomic E-state index is 13.8. The highest BCUT2D eigenvalue weighted by atomic mass is 32.2. The van der Waals surface area contributed by atoms with Gasteiger partial charge in [-0.2, -0.15) is 17.5 Å². The van der Waals surface area contributed by atoms with E-state index in [0.717, 1.165) is 59.4 Å². The molecule has 1 saturated heterocycles. The van der Waals surface area contributed by atoms with Crippen molar-refractivity contribution in [1.82, 2.24) is 14.9 Å². The topological polar surface area (TPSA) is 87.7 Å². The van der Waals surface area contributed by atoms with Crippen LogP contribution < -0.4 is 10.6 Å². The fourth-order valence-electron chi connectivity index (χ4n) is 6.16. The molecule has 3 atom stereocenters. The van der Waals surface area contributed by atoms with Gasteiger partial charge in [0.25, 0.3) is 0 Å². The molecule has 46 heavy (non-hydrogen) atoms. The molecule has 1 aliphatic carbocycles.